The number of benzene rings is 2. The third-order valence-electron chi connectivity index (χ3n) is 6.57. The number of hydrogen-bond acceptors (Lipinski definition) is 3. The van der Waals surface area contributed by atoms with Crippen LogP contribution < -0.4 is 5.32 Å². The highest BCUT2D eigenvalue weighted by molar-refractivity contribution is 7.10. The highest BCUT2D eigenvalue weighted by Crippen LogP contribution is 2.25. The molecule has 1 fully saturated rings. The normalized spacial score (nSPS) is 13.9. The molecule has 1 saturated carbocycles. The Kier molecular flexibility index (Phi) is 8.53. The Bertz CT molecular complexity index is 1130. The van der Waals surface area contributed by atoms with Crippen molar-refractivity contribution in [3.63, 3.8) is 0 Å². The Morgan fingerprint density at radius 3 is 2.37 bits per heavy atom. The summed E-state index contributed by atoms with van der Waals surface area (Å²) in [5.74, 6) is -0.606. The van der Waals surface area contributed by atoms with Crippen LogP contribution in [0.4, 0.5) is 14.9 Å². The molecule has 0 aliphatic heterocycles. The Morgan fingerprint density at radius 2 is 1.69 bits per heavy atom. The molecule has 0 unspecified atom stereocenters. The number of carbonyl (C=O) groups is 2. The number of para-hydroxylation sites is 1. The van der Waals surface area contributed by atoms with Crippen LogP contribution in [0.3, 0.4) is 0 Å². The summed E-state index contributed by atoms with van der Waals surface area (Å²) < 4.78 is 14.2. The van der Waals surface area contributed by atoms with E-state index < -0.39 is 11.8 Å². The minimum atomic E-state index is -0.491. The number of anilines is 1. The standard InChI is InChI=1S/C28H32FN3O2S/c1-21-16-17-35-26(21)19-31(18-22-10-4-2-5-11-22)27(33)20-32(23-12-6-3-7-13-23)28(34)30-25-15-9-8-14-24(25)29/h2,4-5,8-11,14-17,23H,3,6-7,12-13,18-20H2,1H3,(H,30,34). The van der Waals surface area contributed by atoms with Crippen molar-refractivity contribution in [3.05, 3.63) is 87.9 Å². The first-order valence-electron chi connectivity index (χ1n) is 12.2. The van der Waals surface area contributed by atoms with Crippen LogP contribution in [0.2, 0.25) is 0 Å². The van der Waals surface area contributed by atoms with Gasteiger partial charge in [0.05, 0.1) is 12.2 Å². The number of amides is 3. The van der Waals surface area contributed by atoms with Gasteiger partial charge in [-0.25, -0.2) is 9.18 Å². The molecular weight excluding hydrogens is 461 g/mol. The second-order valence-electron chi connectivity index (χ2n) is 9.09. The van der Waals surface area contributed by atoms with Crippen molar-refractivity contribution < 1.29 is 14.0 Å². The lowest BCUT2D eigenvalue weighted by Gasteiger charge is -2.35. The van der Waals surface area contributed by atoms with E-state index in [1.807, 2.05) is 47.5 Å². The van der Waals surface area contributed by atoms with Gasteiger partial charge in [0.25, 0.3) is 0 Å². The summed E-state index contributed by atoms with van der Waals surface area (Å²) in [4.78, 5) is 31.6. The zero-order valence-electron chi connectivity index (χ0n) is 20.1. The molecule has 0 bridgehead atoms. The van der Waals surface area contributed by atoms with Gasteiger partial charge in [-0.05, 0) is 54.5 Å². The first kappa shape index (κ1) is 24.9. The second-order valence-corrected chi connectivity index (χ2v) is 10.1. The van der Waals surface area contributed by atoms with Crippen LogP contribution in [0.15, 0.2) is 66.0 Å². The number of hydrogen-bond donors (Lipinski definition) is 1. The molecule has 0 saturated heterocycles. The average molecular weight is 494 g/mol. The van der Waals surface area contributed by atoms with Crippen molar-refractivity contribution in [1.29, 1.82) is 0 Å². The predicted octanol–water partition coefficient (Wildman–Crippen LogP) is 6.59. The Labute approximate surface area is 210 Å². The molecular formula is C28H32FN3O2S. The predicted molar refractivity (Wildman–Crippen MR) is 139 cm³/mol. The van der Waals surface area contributed by atoms with E-state index in [0.717, 1.165) is 48.1 Å². The van der Waals surface area contributed by atoms with Crippen LogP contribution in [0, 0.1) is 12.7 Å². The number of carbonyl (C=O) groups excluding carboxylic acids is 2. The summed E-state index contributed by atoms with van der Waals surface area (Å²) in [6.07, 6.45) is 4.86. The van der Waals surface area contributed by atoms with Gasteiger partial charge in [0.1, 0.15) is 12.4 Å². The quantitative estimate of drug-likeness (QED) is 0.385. The van der Waals surface area contributed by atoms with Gasteiger partial charge < -0.3 is 15.1 Å². The first-order chi connectivity index (χ1) is 17.0. The SMILES string of the molecule is Cc1ccsc1CN(Cc1ccccc1)C(=O)CN(C(=O)Nc1ccccc1F)C1CCCCC1. The zero-order chi connectivity index (χ0) is 24.6. The van der Waals surface area contributed by atoms with Crippen LogP contribution in [0.5, 0.6) is 0 Å². The fourth-order valence-corrected chi connectivity index (χ4v) is 5.45. The van der Waals surface area contributed by atoms with Gasteiger partial charge in [-0.15, -0.1) is 11.3 Å². The van der Waals surface area contributed by atoms with E-state index in [2.05, 4.69) is 11.4 Å². The molecule has 0 spiro atoms. The van der Waals surface area contributed by atoms with Gasteiger partial charge in [-0.1, -0.05) is 61.7 Å². The number of nitrogens with zero attached hydrogens (tertiary/aromatic N) is 2. The maximum Gasteiger partial charge on any atom is 0.322 e. The molecule has 2 aromatic carbocycles. The monoisotopic (exact) mass is 493 g/mol. The van der Waals surface area contributed by atoms with Gasteiger partial charge in [0.2, 0.25) is 5.91 Å². The maximum absolute atomic E-state index is 14.2. The van der Waals surface area contributed by atoms with Crippen LogP contribution in [0.1, 0.15) is 48.1 Å². The molecule has 1 aliphatic rings. The molecule has 35 heavy (non-hydrogen) atoms. The largest absolute Gasteiger partial charge is 0.332 e. The molecule has 4 rings (SSSR count). The van der Waals surface area contributed by atoms with Gasteiger partial charge in [-0.2, -0.15) is 0 Å². The molecule has 0 radical (unpaired) electrons. The topological polar surface area (TPSA) is 52.7 Å². The molecule has 1 aromatic heterocycles. The van der Waals surface area contributed by atoms with Crippen molar-refractivity contribution in [2.45, 2.75) is 58.2 Å². The third kappa shape index (κ3) is 6.69. The lowest BCUT2D eigenvalue weighted by molar-refractivity contribution is -0.133. The van der Waals surface area contributed by atoms with Crippen molar-refractivity contribution in [2.75, 3.05) is 11.9 Å². The zero-order valence-corrected chi connectivity index (χ0v) is 20.9. The Hall–Kier alpha value is -3.19. The smallest absolute Gasteiger partial charge is 0.322 e. The van der Waals surface area contributed by atoms with Crippen LogP contribution in [-0.2, 0) is 17.9 Å². The van der Waals surface area contributed by atoms with Crippen LogP contribution in [0.25, 0.3) is 0 Å². The first-order valence-corrected chi connectivity index (χ1v) is 13.1. The van der Waals surface area contributed by atoms with Crippen molar-refractivity contribution in [2.24, 2.45) is 0 Å². The summed E-state index contributed by atoms with van der Waals surface area (Å²) in [6.45, 7) is 2.96. The molecule has 7 heteroatoms. The minimum Gasteiger partial charge on any atom is -0.332 e. The molecule has 184 valence electrons. The molecule has 1 aliphatic carbocycles. The maximum atomic E-state index is 14.2. The highest BCUT2D eigenvalue weighted by Gasteiger charge is 2.30. The lowest BCUT2D eigenvalue weighted by atomic mass is 9.94. The van der Waals surface area contributed by atoms with Gasteiger partial charge >= 0.3 is 6.03 Å². The average Bonchev–Trinajstić information content (AvgIpc) is 3.28. The summed E-state index contributed by atoms with van der Waals surface area (Å²) in [5, 5.41) is 4.73. The molecule has 5 nitrogen and oxygen atoms in total. The molecule has 3 aromatic rings. The number of halogens is 1. The number of rotatable bonds is 8. The molecule has 0 atom stereocenters. The lowest BCUT2D eigenvalue weighted by Crippen LogP contribution is -2.49. The van der Waals surface area contributed by atoms with E-state index in [4.69, 9.17) is 0 Å². The van der Waals surface area contributed by atoms with Crippen LogP contribution in [-0.4, -0.2) is 34.3 Å². The Balaban J connectivity index is 1.55. The van der Waals surface area contributed by atoms with E-state index in [1.54, 1.807) is 28.4 Å². The molecule has 1 N–H and O–H groups in total. The number of urea groups is 1. The van der Waals surface area contributed by atoms with E-state index in [0.29, 0.717) is 13.1 Å². The van der Waals surface area contributed by atoms with Gasteiger partial charge in [0, 0.05) is 17.5 Å². The molecule has 1 heterocycles. The summed E-state index contributed by atoms with van der Waals surface area (Å²) in [5.41, 5.74) is 2.32. The number of aryl methyl sites for hydroxylation is 1. The van der Waals surface area contributed by atoms with Crippen molar-refractivity contribution in [3.8, 4) is 0 Å². The van der Waals surface area contributed by atoms with E-state index >= 15 is 0 Å². The summed E-state index contributed by atoms with van der Waals surface area (Å²) in [6, 6.07) is 17.6. The summed E-state index contributed by atoms with van der Waals surface area (Å²) >= 11 is 1.63. The second kappa shape index (κ2) is 12.0. The van der Waals surface area contributed by atoms with E-state index in [9.17, 15) is 14.0 Å². The highest BCUT2D eigenvalue weighted by atomic mass is 32.1. The van der Waals surface area contributed by atoms with Gasteiger partial charge in [-0.3, -0.25) is 4.79 Å². The fraction of sp³-hybridized carbons (Fsp3) is 0.357. The van der Waals surface area contributed by atoms with Crippen LogP contribution >= 0.6 is 11.3 Å². The summed E-state index contributed by atoms with van der Waals surface area (Å²) in [7, 11) is 0. The number of thiophene rings is 1. The van der Waals surface area contributed by atoms with Crippen molar-refractivity contribution in [1.82, 2.24) is 9.80 Å². The molecule has 3 amide bonds. The minimum absolute atomic E-state index is 0.0395. The van der Waals surface area contributed by atoms with Gasteiger partial charge in [0.15, 0.2) is 0 Å². The third-order valence-corrected chi connectivity index (χ3v) is 7.58. The van der Waals surface area contributed by atoms with E-state index in [1.165, 1.54) is 12.1 Å². The van der Waals surface area contributed by atoms with Crippen molar-refractivity contribution >= 4 is 29.0 Å². The fourth-order valence-electron chi connectivity index (χ4n) is 4.53. The Morgan fingerprint density at radius 1 is 0.971 bits per heavy atom. The van der Waals surface area contributed by atoms with E-state index in [-0.39, 0.29) is 24.2 Å². The number of nitrogens with one attached hydrogen (secondary N) is 1.